The molecule has 0 saturated carbocycles. The van der Waals surface area contributed by atoms with Gasteiger partial charge in [0.2, 0.25) is 0 Å². The minimum Gasteiger partial charge on any atom is -0.388 e. The van der Waals surface area contributed by atoms with Crippen LogP contribution in [0.15, 0.2) is 65.5 Å². The van der Waals surface area contributed by atoms with Crippen molar-refractivity contribution in [3.8, 4) is 0 Å². The summed E-state index contributed by atoms with van der Waals surface area (Å²) in [6.07, 6.45) is 3.19. The molecule has 8 nitrogen and oxygen atoms in total. The molecule has 4 aromatic rings. The summed E-state index contributed by atoms with van der Waals surface area (Å²) in [4.78, 5) is 13.7. The van der Waals surface area contributed by atoms with Crippen molar-refractivity contribution in [3.63, 3.8) is 0 Å². The van der Waals surface area contributed by atoms with Gasteiger partial charge in [0.1, 0.15) is 35.8 Å². The highest BCUT2D eigenvalue weighted by molar-refractivity contribution is 7.99. The van der Waals surface area contributed by atoms with Gasteiger partial charge in [0.05, 0.1) is 16.9 Å². The van der Waals surface area contributed by atoms with Crippen LogP contribution in [0.4, 0.5) is 11.6 Å². The number of nitrogen functional groups attached to an aromatic ring is 2. The van der Waals surface area contributed by atoms with Crippen molar-refractivity contribution < 1.29 is 10.2 Å². The lowest BCUT2D eigenvalue weighted by Crippen LogP contribution is -2.29. The van der Waals surface area contributed by atoms with Crippen LogP contribution in [-0.2, 0) is 0 Å². The van der Waals surface area contributed by atoms with E-state index in [0.717, 1.165) is 26.8 Å². The first-order valence-electron chi connectivity index (χ1n) is 9.44. The molecule has 6 N–H and O–H groups in total. The van der Waals surface area contributed by atoms with Crippen LogP contribution in [-0.4, -0.2) is 47.7 Å². The van der Waals surface area contributed by atoms with Crippen LogP contribution in [0.2, 0.25) is 0 Å². The van der Waals surface area contributed by atoms with E-state index in [0.29, 0.717) is 23.0 Å². The molecule has 3 heterocycles. The molecule has 3 atom stereocenters. The van der Waals surface area contributed by atoms with E-state index in [-0.39, 0.29) is 0 Å². The van der Waals surface area contributed by atoms with E-state index < -0.39 is 18.2 Å². The van der Waals surface area contributed by atoms with E-state index in [1.807, 2.05) is 47.2 Å². The Kier molecular flexibility index (Phi) is 4.58. The van der Waals surface area contributed by atoms with Crippen molar-refractivity contribution in [1.29, 1.82) is 0 Å². The van der Waals surface area contributed by atoms with Gasteiger partial charge in [-0.25, -0.2) is 15.0 Å². The lowest BCUT2D eigenvalue weighted by atomic mass is 10.1. The molecule has 1 aliphatic rings. The van der Waals surface area contributed by atoms with Gasteiger partial charge in [-0.2, -0.15) is 0 Å². The van der Waals surface area contributed by atoms with Gasteiger partial charge in [-0.15, -0.1) is 11.8 Å². The van der Waals surface area contributed by atoms with Crippen molar-refractivity contribution in [2.75, 3.05) is 17.2 Å². The Morgan fingerprint density at radius 1 is 1.07 bits per heavy atom. The predicted molar refractivity (Wildman–Crippen MR) is 118 cm³/mol. The second kappa shape index (κ2) is 7.28. The van der Waals surface area contributed by atoms with Gasteiger partial charge in [0.15, 0.2) is 0 Å². The zero-order valence-electron chi connectivity index (χ0n) is 15.9. The summed E-state index contributed by atoms with van der Waals surface area (Å²) in [6.45, 7) is 0. The molecule has 152 valence electrons. The maximum absolute atomic E-state index is 10.7. The fraction of sp³-hybridized carbons (Fsp3) is 0.190. The summed E-state index contributed by atoms with van der Waals surface area (Å²) in [7, 11) is 0. The van der Waals surface area contributed by atoms with Gasteiger partial charge in [-0.1, -0.05) is 12.1 Å². The van der Waals surface area contributed by atoms with Crippen LogP contribution >= 0.6 is 11.8 Å². The number of hydrogen-bond acceptors (Lipinski definition) is 8. The Morgan fingerprint density at radius 2 is 1.90 bits per heavy atom. The first-order chi connectivity index (χ1) is 14.5. The summed E-state index contributed by atoms with van der Waals surface area (Å²) in [5.74, 6) is 1.41. The van der Waals surface area contributed by atoms with Crippen molar-refractivity contribution in [1.82, 2.24) is 19.5 Å². The molecule has 5 rings (SSSR count). The highest BCUT2D eigenvalue weighted by Gasteiger charge is 2.36. The molecule has 1 aromatic carbocycles. The average molecular weight is 420 g/mol. The number of anilines is 2. The number of aliphatic hydroxyl groups is 2. The Labute approximate surface area is 176 Å². The van der Waals surface area contributed by atoms with Gasteiger partial charge in [-0.3, -0.25) is 0 Å². The van der Waals surface area contributed by atoms with Crippen LogP contribution in [0.25, 0.3) is 21.9 Å². The van der Waals surface area contributed by atoms with Crippen molar-refractivity contribution >= 4 is 45.3 Å². The number of hydrogen-bond donors (Lipinski definition) is 4. The number of aromatic nitrogens is 4. The molecule has 0 radical (unpaired) electrons. The molecule has 0 fully saturated rings. The quantitative estimate of drug-likeness (QED) is 0.291. The molecule has 30 heavy (non-hydrogen) atoms. The molecule has 0 amide bonds. The molecule has 1 aliphatic carbocycles. The van der Waals surface area contributed by atoms with E-state index in [1.165, 1.54) is 6.33 Å². The summed E-state index contributed by atoms with van der Waals surface area (Å²) >= 11 is 1.57. The Morgan fingerprint density at radius 3 is 2.77 bits per heavy atom. The zero-order valence-corrected chi connectivity index (χ0v) is 16.7. The molecule has 0 spiro atoms. The molecular formula is C21H20N6O2S. The van der Waals surface area contributed by atoms with Crippen LogP contribution < -0.4 is 11.5 Å². The third-order valence-electron chi connectivity index (χ3n) is 5.39. The van der Waals surface area contributed by atoms with Crippen molar-refractivity contribution in [2.45, 2.75) is 23.1 Å². The summed E-state index contributed by atoms with van der Waals surface area (Å²) in [5, 5.41) is 23.0. The second-order valence-electron chi connectivity index (χ2n) is 7.27. The van der Waals surface area contributed by atoms with Gasteiger partial charge < -0.3 is 26.2 Å². The molecule has 9 heteroatoms. The van der Waals surface area contributed by atoms with E-state index in [9.17, 15) is 10.2 Å². The third-order valence-corrected chi connectivity index (χ3v) is 6.45. The highest BCUT2D eigenvalue weighted by atomic mass is 32.2. The maximum Gasteiger partial charge on any atom is 0.146 e. The van der Waals surface area contributed by atoms with Gasteiger partial charge in [-0.05, 0) is 35.9 Å². The fourth-order valence-corrected chi connectivity index (χ4v) is 4.76. The predicted octanol–water partition coefficient (Wildman–Crippen LogP) is 2.14. The first kappa shape index (κ1) is 18.9. The number of thioether (sulfide) groups is 1. The van der Waals surface area contributed by atoms with Gasteiger partial charge in [0.25, 0.3) is 0 Å². The standard InChI is InChI=1S/C21H20N6O2S/c22-17-4-2-11-1-3-13(8-15(11)26-17)30-9-12-7-16(19(29)18(12)28)27-6-5-14-20(23)24-10-25-21(14)27/h1-8,10,16,18-19,28-29H,9H2,(H2,22,26)(H2,23,24,25). The molecule has 0 saturated heterocycles. The minimum atomic E-state index is -0.967. The van der Waals surface area contributed by atoms with E-state index in [4.69, 9.17) is 11.5 Å². The van der Waals surface area contributed by atoms with Crippen LogP contribution in [0.5, 0.6) is 0 Å². The lowest BCUT2D eigenvalue weighted by molar-refractivity contribution is 0.0332. The Bertz CT molecular complexity index is 1290. The van der Waals surface area contributed by atoms with Crippen molar-refractivity contribution in [2.24, 2.45) is 0 Å². The first-order valence-corrected chi connectivity index (χ1v) is 10.4. The number of fused-ring (bicyclic) bond motifs is 2. The largest absolute Gasteiger partial charge is 0.388 e. The molecular weight excluding hydrogens is 400 g/mol. The second-order valence-corrected chi connectivity index (χ2v) is 8.31. The van der Waals surface area contributed by atoms with Crippen molar-refractivity contribution in [3.05, 3.63) is 60.6 Å². The number of benzene rings is 1. The van der Waals surface area contributed by atoms with Gasteiger partial charge in [0, 0.05) is 22.2 Å². The minimum absolute atomic E-state index is 0.386. The number of aliphatic hydroxyl groups excluding tert-OH is 2. The average Bonchev–Trinajstić information content (AvgIpc) is 3.29. The van der Waals surface area contributed by atoms with Gasteiger partial charge >= 0.3 is 0 Å². The summed E-state index contributed by atoms with van der Waals surface area (Å²) in [5.41, 5.74) is 13.9. The number of nitrogens with zero attached hydrogens (tertiary/aromatic N) is 4. The zero-order chi connectivity index (χ0) is 20.8. The monoisotopic (exact) mass is 420 g/mol. The topological polar surface area (TPSA) is 136 Å². The summed E-state index contributed by atoms with van der Waals surface area (Å²) in [6, 6.07) is 11.1. The Balaban J connectivity index is 1.40. The normalized spacial score (nSPS) is 21.4. The van der Waals surface area contributed by atoms with E-state index >= 15 is 0 Å². The highest BCUT2D eigenvalue weighted by Crippen LogP contribution is 2.35. The SMILES string of the molecule is Nc1ccc2ccc(SCC3=CC(n4ccc5c(N)ncnc54)C(O)C3O)cc2n1. The molecule has 0 bridgehead atoms. The number of pyridine rings is 1. The maximum atomic E-state index is 10.7. The molecule has 3 unspecified atom stereocenters. The molecule has 0 aliphatic heterocycles. The molecule has 3 aromatic heterocycles. The lowest BCUT2D eigenvalue weighted by Gasteiger charge is -2.19. The number of rotatable bonds is 4. The van der Waals surface area contributed by atoms with E-state index in [1.54, 1.807) is 17.8 Å². The van der Waals surface area contributed by atoms with E-state index in [2.05, 4.69) is 15.0 Å². The van der Waals surface area contributed by atoms with Crippen LogP contribution in [0.1, 0.15) is 6.04 Å². The third kappa shape index (κ3) is 3.17. The fourth-order valence-electron chi connectivity index (χ4n) is 3.80. The van der Waals surface area contributed by atoms with Crippen LogP contribution in [0.3, 0.4) is 0 Å². The Hall–Kier alpha value is -3.14. The smallest absolute Gasteiger partial charge is 0.146 e. The number of nitrogens with two attached hydrogens (primary N) is 2. The van der Waals surface area contributed by atoms with Crippen LogP contribution in [0, 0.1) is 0 Å². The summed E-state index contributed by atoms with van der Waals surface area (Å²) < 4.78 is 1.82.